The quantitative estimate of drug-likeness (QED) is 0.779. The Morgan fingerprint density at radius 2 is 2.21 bits per heavy atom. The lowest BCUT2D eigenvalue weighted by molar-refractivity contribution is 0.316. The number of halogens is 1. The Morgan fingerprint density at radius 3 is 2.79 bits per heavy atom. The van der Waals surface area contributed by atoms with Gasteiger partial charge < -0.3 is 5.32 Å². The first-order valence-electron chi connectivity index (χ1n) is 6.51. The number of sulfonamides is 1. The summed E-state index contributed by atoms with van der Waals surface area (Å²) < 4.78 is 27.9. The van der Waals surface area contributed by atoms with Crippen molar-refractivity contribution in [1.82, 2.24) is 10.0 Å². The summed E-state index contributed by atoms with van der Waals surface area (Å²) in [5, 5.41) is 3.20. The lowest BCUT2D eigenvalue weighted by atomic mass is 9.86. The summed E-state index contributed by atoms with van der Waals surface area (Å²) in [6, 6.07) is 1.75. The average Bonchev–Trinajstić information content (AvgIpc) is 2.66. The van der Waals surface area contributed by atoms with Crippen molar-refractivity contribution in [2.45, 2.75) is 37.6 Å². The van der Waals surface area contributed by atoms with Gasteiger partial charge in [0, 0.05) is 18.0 Å². The summed E-state index contributed by atoms with van der Waals surface area (Å²) in [5.74, 6) is 0.522. The fourth-order valence-corrected chi connectivity index (χ4v) is 5.68. The molecule has 0 amide bonds. The van der Waals surface area contributed by atoms with Gasteiger partial charge in [0.15, 0.2) is 0 Å². The van der Waals surface area contributed by atoms with E-state index in [0.29, 0.717) is 27.7 Å². The third-order valence-corrected chi connectivity index (χ3v) is 7.01. The molecule has 0 spiro atoms. The van der Waals surface area contributed by atoms with Crippen LogP contribution in [0, 0.1) is 5.92 Å². The van der Waals surface area contributed by atoms with E-state index in [1.165, 1.54) is 17.8 Å². The second-order valence-corrected chi connectivity index (χ2v) is 8.97. The van der Waals surface area contributed by atoms with Crippen LogP contribution >= 0.6 is 27.3 Å². The first-order valence-corrected chi connectivity index (χ1v) is 9.60. The van der Waals surface area contributed by atoms with Crippen molar-refractivity contribution >= 4 is 37.3 Å². The highest BCUT2D eigenvalue weighted by Gasteiger charge is 2.24. The maximum atomic E-state index is 12.2. The molecule has 1 fully saturated rings. The SMILES string of the molecule is CCNCc1cc(S(=O)(=O)NCC2CCC2)c(Br)s1. The van der Waals surface area contributed by atoms with Crippen LogP contribution in [0.3, 0.4) is 0 Å². The molecule has 4 nitrogen and oxygen atoms in total. The van der Waals surface area contributed by atoms with E-state index in [9.17, 15) is 8.42 Å². The van der Waals surface area contributed by atoms with Crippen molar-refractivity contribution in [3.63, 3.8) is 0 Å². The molecule has 2 N–H and O–H groups in total. The van der Waals surface area contributed by atoms with E-state index >= 15 is 0 Å². The van der Waals surface area contributed by atoms with E-state index in [1.807, 2.05) is 6.92 Å². The summed E-state index contributed by atoms with van der Waals surface area (Å²) in [6.45, 7) is 4.17. The largest absolute Gasteiger partial charge is 0.312 e. The predicted molar refractivity (Wildman–Crippen MR) is 81.9 cm³/mol. The number of rotatable bonds is 7. The topological polar surface area (TPSA) is 58.2 Å². The third kappa shape index (κ3) is 4.01. The molecule has 1 aromatic heterocycles. The van der Waals surface area contributed by atoms with Crippen molar-refractivity contribution in [1.29, 1.82) is 0 Å². The zero-order valence-electron chi connectivity index (χ0n) is 10.9. The Kier molecular flexibility index (Phi) is 5.42. The van der Waals surface area contributed by atoms with Gasteiger partial charge in [0.1, 0.15) is 4.90 Å². The fraction of sp³-hybridized carbons (Fsp3) is 0.667. The minimum Gasteiger partial charge on any atom is -0.312 e. The monoisotopic (exact) mass is 366 g/mol. The third-order valence-electron chi connectivity index (χ3n) is 3.33. The van der Waals surface area contributed by atoms with Crippen molar-refractivity contribution in [3.8, 4) is 0 Å². The number of hydrogen-bond acceptors (Lipinski definition) is 4. The maximum absolute atomic E-state index is 12.2. The maximum Gasteiger partial charge on any atom is 0.242 e. The molecule has 0 unspecified atom stereocenters. The minimum absolute atomic E-state index is 0.365. The molecule has 0 aliphatic heterocycles. The molecule has 0 bridgehead atoms. The van der Waals surface area contributed by atoms with Crippen molar-refractivity contribution in [3.05, 3.63) is 14.7 Å². The molecular weight excluding hydrogens is 348 g/mol. The summed E-state index contributed by atoms with van der Waals surface area (Å²) >= 11 is 4.82. The van der Waals surface area contributed by atoms with Gasteiger partial charge in [0.05, 0.1) is 3.79 Å². The molecule has 0 atom stereocenters. The van der Waals surface area contributed by atoms with Gasteiger partial charge in [0.2, 0.25) is 10.0 Å². The first-order chi connectivity index (χ1) is 9.03. The fourth-order valence-electron chi connectivity index (χ4n) is 1.92. The Bertz CT molecular complexity index is 524. The molecule has 108 valence electrons. The van der Waals surface area contributed by atoms with Crippen LogP contribution in [0.1, 0.15) is 31.1 Å². The van der Waals surface area contributed by atoms with Crippen molar-refractivity contribution in [2.75, 3.05) is 13.1 Å². The molecule has 0 saturated heterocycles. The smallest absolute Gasteiger partial charge is 0.242 e. The molecule has 2 rings (SSSR count). The lowest BCUT2D eigenvalue weighted by Crippen LogP contribution is -2.32. The summed E-state index contributed by atoms with van der Waals surface area (Å²) in [6.07, 6.45) is 3.50. The molecule has 1 aliphatic carbocycles. The van der Waals surface area contributed by atoms with Crippen LogP contribution in [0.25, 0.3) is 0 Å². The van der Waals surface area contributed by atoms with E-state index in [4.69, 9.17) is 0 Å². The Hall–Kier alpha value is 0.0500. The molecule has 19 heavy (non-hydrogen) atoms. The lowest BCUT2D eigenvalue weighted by Gasteiger charge is -2.25. The Labute approximate surface area is 127 Å². The highest BCUT2D eigenvalue weighted by molar-refractivity contribution is 9.11. The van der Waals surface area contributed by atoms with Crippen LogP contribution in [0.4, 0.5) is 0 Å². The van der Waals surface area contributed by atoms with E-state index in [-0.39, 0.29) is 0 Å². The zero-order valence-corrected chi connectivity index (χ0v) is 14.1. The normalized spacial score (nSPS) is 16.5. The molecule has 0 radical (unpaired) electrons. The summed E-state index contributed by atoms with van der Waals surface area (Å²) in [4.78, 5) is 1.39. The van der Waals surface area contributed by atoms with Crippen molar-refractivity contribution < 1.29 is 8.42 Å². The minimum atomic E-state index is -3.38. The van der Waals surface area contributed by atoms with Gasteiger partial charge in [-0.3, -0.25) is 0 Å². The van der Waals surface area contributed by atoms with Gasteiger partial charge in [0.25, 0.3) is 0 Å². The van der Waals surface area contributed by atoms with Gasteiger partial charge in [-0.25, -0.2) is 13.1 Å². The van der Waals surface area contributed by atoms with Crippen LogP contribution in [-0.4, -0.2) is 21.5 Å². The van der Waals surface area contributed by atoms with Crippen LogP contribution in [0.5, 0.6) is 0 Å². The standard InChI is InChI=1S/C12H19BrN2O2S2/c1-2-14-8-10-6-11(12(13)18-10)19(16,17)15-7-9-4-3-5-9/h6,9,14-15H,2-5,7-8H2,1H3. The van der Waals surface area contributed by atoms with E-state index in [0.717, 1.165) is 24.3 Å². The van der Waals surface area contributed by atoms with Gasteiger partial charge in [-0.15, -0.1) is 11.3 Å². The highest BCUT2D eigenvalue weighted by atomic mass is 79.9. The predicted octanol–water partition coefficient (Wildman–Crippen LogP) is 2.70. The van der Waals surface area contributed by atoms with Crippen LogP contribution in [0.15, 0.2) is 14.7 Å². The zero-order chi connectivity index (χ0) is 13.9. The van der Waals surface area contributed by atoms with E-state index < -0.39 is 10.0 Å². The van der Waals surface area contributed by atoms with Gasteiger partial charge >= 0.3 is 0 Å². The Balaban J connectivity index is 2.03. The molecule has 1 heterocycles. The molecular formula is C12H19BrN2O2S2. The van der Waals surface area contributed by atoms with Gasteiger partial charge in [-0.1, -0.05) is 13.3 Å². The van der Waals surface area contributed by atoms with Crippen LogP contribution in [-0.2, 0) is 16.6 Å². The Morgan fingerprint density at radius 1 is 1.47 bits per heavy atom. The van der Waals surface area contributed by atoms with Gasteiger partial charge in [-0.2, -0.15) is 0 Å². The number of thiophene rings is 1. The van der Waals surface area contributed by atoms with Crippen LogP contribution in [0.2, 0.25) is 0 Å². The van der Waals surface area contributed by atoms with E-state index in [1.54, 1.807) is 6.07 Å². The molecule has 1 aromatic rings. The summed E-state index contributed by atoms with van der Waals surface area (Å²) in [5.41, 5.74) is 0. The molecule has 1 aliphatic rings. The second-order valence-electron chi connectivity index (χ2n) is 4.78. The highest BCUT2D eigenvalue weighted by Crippen LogP contribution is 2.32. The average molecular weight is 367 g/mol. The molecule has 0 aromatic carbocycles. The first kappa shape index (κ1) is 15.4. The number of hydrogen-bond donors (Lipinski definition) is 2. The van der Waals surface area contributed by atoms with E-state index in [2.05, 4.69) is 26.0 Å². The summed E-state index contributed by atoms with van der Waals surface area (Å²) in [7, 11) is -3.38. The van der Waals surface area contributed by atoms with Gasteiger partial charge in [-0.05, 0) is 47.3 Å². The number of nitrogens with one attached hydrogen (secondary N) is 2. The molecule has 7 heteroatoms. The van der Waals surface area contributed by atoms with Crippen LogP contribution < -0.4 is 10.0 Å². The van der Waals surface area contributed by atoms with Crippen molar-refractivity contribution in [2.24, 2.45) is 5.92 Å². The second kappa shape index (κ2) is 6.67. The molecule has 1 saturated carbocycles.